The summed E-state index contributed by atoms with van der Waals surface area (Å²) in [5.74, 6) is -1.38. The molecular formula is C17H21FN4O3. The second-order valence-corrected chi connectivity index (χ2v) is 4.99. The fourth-order valence-corrected chi connectivity index (χ4v) is 1.81. The van der Waals surface area contributed by atoms with Crippen LogP contribution in [0.5, 0.6) is 0 Å². The van der Waals surface area contributed by atoms with Gasteiger partial charge in [0.2, 0.25) is 11.8 Å². The quantitative estimate of drug-likeness (QED) is 0.506. The maximum absolute atomic E-state index is 12.9. The lowest BCUT2D eigenvalue weighted by Crippen LogP contribution is -2.50. The Labute approximate surface area is 145 Å². The van der Waals surface area contributed by atoms with Crippen LogP contribution in [0.25, 0.3) is 0 Å². The van der Waals surface area contributed by atoms with Crippen LogP contribution < -0.4 is 21.3 Å². The second kappa shape index (κ2) is 10.6. The number of urea groups is 1. The highest BCUT2D eigenvalue weighted by atomic mass is 19.1. The van der Waals surface area contributed by atoms with Crippen molar-refractivity contribution in [3.63, 3.8) is 0 Å². The predicted molar refractivity (Wildman–Crippen MR) is 93.4 cm³/mol. The van der Waals surface area contributed by atoms with Gasteiger partial charge in [-0.15, -0.1) is 13.2 Å². The van der Waals surface area contributed by atoms with Crippen molar-refractivity contribution >= 4 is 23.5 Å². The minimum Gasteiger partial charge on any atom is -0.353 e. The number of carbonyl (C=O) groups is 3. The summed E-state index contributed by atoms with van der Waals surface area (Å²) < 4.78 is 12.9. The van der Waals surface area contributed by atoms with Crippen LogP contribution in [0.3, 0.4) is 0 Å². The highest BCUT2D eigenvalue weighted by Crippen LogP contribution is 2.08. The molecule has 1 unspecified atom stereocenters. The monoisotopic (exact) mass is 348 g/mol. The maximum atomic E-state index is 12.9. The molecule has 0 saturated heterocycles. The third-order valence-corrected chi connectivity index (χ3v) is 2.98. The number of halogens is 1. The SMILES string of the molecule is C=CCNC(=O)CC(NC(=O)Nc1ccc(F)cc1)C(=O)NCC=C. The van der Waals surface area contributed by atoms with Gasteiger partial charge in [0.25, 0.3) is 0 Å². The lowest BCUT2D eigenvalue weighted by atomic mass is 10.1. The van der Waals surface area contributed by atoms with Crippen molar-refractivity contribution in [1.29, 1.82) is 0 Å². The first-order valence-electron chi connectivity index (χ1n) is 7.55. The first kappa shape index (κ1) is 19.9. The average Bonchev–Trinajstić information content (AvgIpc) is 2.59. The summed E-state index contributed by atoms with van der Waals surface area (Å²) in [4.78, 5) is 35.9. The molecule has 0 heterocycles. The summed E-state index contributed by atoms with van der Waals surface area (Å²) in [7, 11) is 0. The first-order chi connectivity index (χ1) is 12.0. The van der Waals surface area contributed by atoms with E-state index in [2.05, 4.69) is 34.4 Å². The highest BCUT2D eigenvalue weighted by Gasteiger charge is 2.23. The molecule has 0 spiro atoms. The minimum absolute atomic E-state index is 0.199. The molecule has 134 valence electrons. The zero-order valence-corrected chi connectivity index (χ0v) is 13.7. The van der Waals surface area contributed by atoms with E-state index in [4.69, 9.17) is 0 Å². The van der Waals surface area contributed by atoms with Gasteiger partial charge in [-0.3, -0.25) is 9.59 Å². The van der Waals surface area contributed by atoms with E-state index < -0.39 is 29.7 Å². The number of anilines is 1. The molecule has 0 aliphatic rings. The van der Waals surface area contributed by atoms with E-state index in [1.165, 1.54) is 36.4 Å². The third-order valence-electron chi connectivity index (χ3n) is 2.98. The molecule has 1 aromatic rings. The summed E-state index contributed by atoms with van der Waals surface area (Å²) in [5, 5.41) is 9.94. The Morgan fingerprint density at radius 3 is 2.24 bits per heavy atom. The Hall–Kier alpha value is -3.16. The van der Waals surface area contributed by atoms with Crippen LogP contribution in [0.1, 0.15) is 6.42 Å². The van der Waals surface area contributed by atoms with Gasteiger partial charge in [0, 0.05) is 18.8 Å². The number of nitrogens with one attached hydrogen (secondary N) is 4. The highest BCUT2D eigenvalue weighted by molar-refractivity contribution is 5.95. The lowest BCUT2D eigenvalue weighted by molar-refractivity contribution is -0.127. The second-order valence-electron chi connectivity index (χ2n) is 4.99. The number of amides is 4. The Morgan fingerprint density at radius 1 is 1.04 bits per heavy atom. The van der Waals surface area contributed by atoms with E-state index in [-0.39, 0.29) is 19.5 Å². The third kappa shape index (κ3) is 7.78. The van der Waals surface area contributed by atoms with Crippen molar-refractivity contribution < 1.29 is 18.8 Å². The molecule has 0 saturated carbocycles. The fourth-order valence-electron chi connectivity index (χ4n) is 1.81. The number of benzene rings is 1. The van der Waals surface area contributed by atoms with E-state index in [1.807, 2.05) is 0 Å². The van der Waals surface area contributed by atoms with Crippen LogP contribution in [-0.2, 0) is 9.59 Å². The van der Waals surface area contributed by atoms with Crippen molar-refractivity contribution in [1.82, 2.24) is 16.0 Å². The predicted octanol–water partition coefficient (Wildman–Crippen LogP) is 1.31. The van der Waals surface area contributed by atoms with Gasteiger partial charge in [-0.05, 0) is 24.3 Å². The normalized spacial score (nSPS) is 10.9. The van der Waals surface area contributed by atoms with Crippen LogP contribution >= 0.6 is 0 Å². The van der Waals surface area contributed by atoms with Gasteiger partial charge in [0.1, 0.15) is 11.9 Å². The van der Waals surface area contributed by atoms with Gasteiger partial charge in [0.05, 0.1) is 6.42 Å². The molecule has 7 nitrogen and oxygen atoms in total. The summed E-state index contributed by atoms with van der Waals surface area (Å²) in [6.07, 6.45) is 2.73. The van der Waals surface area contributed by atoms with Gasteiger partial charge < -0.3 is 21.3 Å². The number of hydrogen-bond acceptors (Lipinski definition) is 3. The maximum Gasteiger partial charge on any atom is 0.319 e. The zero-order chi connectivity index (χ0) is 18.7. The standard InChI is InChI=1S/C17H21FN4O3/c1-3-9-19-15(23)11-14(16(24)20-10-4-2)22-17(25)21-13-7-5-12(18)6-8-13/h3-8,14H,1-2,9-11H2,(H,19,23)(H,20,24)(H2,21,22,25). The number of rotatable bonds is 9. The van der Waals surface area contributed by atoms with E-state index in [0.717, 1.165) is 0 Å². The molecule has 0 bridgehead atoms. The molecule has 8 heteroatoms. The molecule has 0 fully saturated rings. The smallest absolute Gasteiger partial charge is 0.319 e. The van der Waals surface area contributed by atoms with E-state index >= 15 is 0 Å². The van der Waals surface area contributed by atoms with Gasteiger partial charge in [-0.25, -0.2) is 9.18 Å². The van der Waals surface area contributed by atoms with Crippen molar-refractivity contribution in [2.24, 2.45) is 0 Å². The molecule has 1 atom stereocenters. The molecule has 0 aliphatic heterocycles. The minimum atomic E-state index is -1.08. The molecule has 1 aromatic carbocycles. The number of carbonyl (C=O) groups excluding carboxylic acids is 3. The van der Waals surface area contributed by atoms with Crippen LogP contribution in [-0.4, -0.2) is 37.0 Å². The average molecular weight is 348 g/mol. The van der Waals surface area contributed by atoms with Crippen molar-refractivity contribution in [3.8, 4) is 0 Å². The Kier molecular flexibility index (Phi) is 8.42. The van der Waals surface area contributed by atoms with Gasteiger partial charge in [-0.1, -0.05) is 12.2 Å². The van der Waals surface area contributed by atoms with Crippen LogP contribution in [0.2, 0.25) is 0 Å². The van der Waals surface area contributed by atoms with Gasteiger partial charge in [0.15, 0.2) is 0 Å². The lowest BCUT2D eigenvalue weighted by Gasteiger charge is -2.18. The first-order valence-corrected chi connectivity index (χ1v) is 7.55. The molecular weight excluding hydrogens is 327 g/mol. The van der Waals surface area contributed by atoms with Crippen LogP contribution in [0, 0.1) is 5.82 Å². The molecule has 1 rings (SSSR count). The van der Waals surface area contributed by atoms with Gasteiger partial charge in [-0.2, -0.15) is 0 Å². The summed E-state index contributed by atoms with van der Waals surface area (Å²) in [6, 6.07) is 3.35. The Morgan fingerprint density at radius 2 is 1.64 bits per heavy atom. The molecule has 0 aliphatic carbocycles. The molecule has 4 N–H and O–H groups in total. The molecule has 25 heavy (non-hydrogen) atoms. The van der Waals surface area contributed by atoms with Crippen molar-refractivity contribution in [2.45, 2.75) is 12.5 Å². The van der Waals surface area contributed by atoms with E-state index in [1.54, 1.807) is 0 Å². The topological polar surface area (TPSA) is 99.3 Å². The van der Waals surface area contributed by atoms with E-state index in [9.17, 15) is 18.8 Å². The Bertz CT molecular complexity index is 631. The molecule has 4 amide bonds. The van der Waals surface area contributed by atoms with Crippen LogP contribution in [0.15, 0.2) is 49.6 Å². The van der Waals surface area contributed by atoms with Crippen molar-refractivity contribution in [2.75, 3.05) is 18.4 Å². The summed E-state index contributed by atoms with van der Waals surface area (Å²) >= 11 is 0. The molecule has 0 radical (unpaired) electrons. The largest absolute Gasteiger partial charge is 0.353 e. The fraction of sp³-hybridized carbons (Fsp3) is 0.235. The molecule has 0 aromatic heterocycles. The van der Waals surface area contributed by atoms with E-state index in [0.29, 0.717) is 5.69 Å². The van der Waals surface area contributed by atoms with Crippen LogP contribution in [0.4, 0.5) is 14.9 Å². The zero-order valence-electron chi connectivity index (χ0n) is 13.7. The van der Waals surface area contributed by atoms with Crippen molar-refractivity contribution in [3.05, 3.63) is 55.4 Å². The number of hydrogen-bond donors (Lipinski definition) is 4. The Balaban J connectivity index is 2.69. The summed E-state index contributed by atoms with van der Waals surface area (Å²) in [6.45, 7) is 7.41. The summed E-state index contributed by atoms with van der Waals surface area (Å²) in [5.41, 5.74) is 0.347. The van der Waals surface area contributed by atoms with Gasteiger partial charge >= 0.3 is 6.03 Å².